The molecule has 0 spiro atoms. The van der Waals surface area contributed by atoms with Gasteiger partial charge in [-0.2, -0.15) is 0 Å². The van der Waals surface area contributed by atoms with E-state index in [1.165, 1.54) is 11.1 Å². The van der Waals surface area contributed by atoms with Crippen LogP contribution in [0.5, 0.6) is 11.5 Å². The van der Waals surface area contributed by atoms with Crippen LogP contribution < -0.4 is 14.8 Å². The molecular formula is C24H25NO3S. The number of methoxy groups -OCH3 is 2. The summed E-state index contributed by atoms with van der Waals surface area (Å²) in [6.07, 6.45) is 0. The highest BCUT2D eigenvalue weighted by Crippen LogP contribution is 2.35. The molecule has 0 saturated carbocycles. The van der Waals surface area contributed by atoms with E-state index < -0.39 is 0 Å². The van der Waals surface area contributed by atoms with E-state index in [2.05, 4.69) is 29.6 Å². The minimum absolute atomic E-state index is 0.0169. The van der Waals surface area contributed by atoms with Gasteiger partial charge in [-0.1, -0.05) is 60.7 Å². The number of rotatable bonds is 9. The van der Waals surface area contributed by atoms with Crippen molar-refractivity contribution in [2.45, 2.75) is 11.8 Å². The van der Waals surface area contributed by atoms with Crippen molar-refractivity contribution in [1.29, 1.82) is 0 Å². The Balaban J connectivity index is 1.64. The van der Waals surface area contributed by atoms with Crippen LogP contribution in [0.2, 0.25) is 0 Å². The monoisotopic (exact) mass is 407 g/mol. The molecule has 0 aliphatic carbocycles. The normalized spacial score (nSPS) is 10.6. The highest BCUT2D eigenvalue weighted by Gasteiger charge is 2.16. The zero-order valence-corrected chi connectivity index (χ0v) is 17.4. The number of benzene rings is 3. The maximum Gasteiger partial charge on any atom is 0.230 e. The van der Waals surface area contributed by atoms with Crippen molar-refractivity contribution in [2.75, 3.05) is 20.0 Å². The first-order valence-electron chi connectivity index (χ1n) is 9.40. The molecule has 0 atom stereocenters. The Kier molecular flexibility index (Phi) is 7.59. The van der Waals surface area contributed by atoms with E-state index in [4.69, 9.17) is 9.47 Å². The number of nitrogens with one attached hydrogen (secondary N) is 1. The smallest absolute Gasteiger partial charge is 0.230 e. The van der Waals surface area contributed by atoms with Gasteiger partial charge in [0.1, 0.15) is 11.5 Å². The van der Waals surface area contributed by atoms with E-state index in [0.29, 0.717) is 12.3 Å². The van der Waals surface area contributed by atoms with E-state index in [1.807, 2.05) is 54.6 Å². The average Bonchev–Trinajstić information content (AvgIpc) is 2.79. The van der Waals surface area contributed by atoms with Crippen LogP contribution in [-0.2, 0) is 11.3 Å². The fourth-order valence-corrected chi connectivity index (χ4v) is 4.18. The molecule has 1 N–H and O–H groups in total. The lowest BCUT2D eigenvalue weighted by atomic mass is 10.0. The highest BCUT2D eigenvalue weighted by atomic mass is 32.2. The van der Waals surface area contributed by atoms with Crippen LogP contribution in [0.3, 0.4) is 0 Å². The van der Waals surface area contributed by atoms with Crippen LogP contribution in [0.1, 0.15) is 21.9 Å². The first-order valence-corrected chi connectivity index (χ1v) is 10.4. The second-order valence-electron chi connectivity index (χ2n) is 6.47. The first kappa shape index (κ1) is 20.8. The summed E-state index contributed by atoms with van der Waals surface area (Å²) >= 11 is 1.62. The Morgan fingerprint density at radius 3 is 2.07 bits per heavy atom. The molecule has 0 bridgehead atoms. The van der Waals surface area contributed by atoms with Gasteiger partial charge in [-0.25, -0.2) is 0 Å². The molecule has 0 unspecified atom stereocenters. The molecule has 0 aliphatic heterocycles. The number of amides is 1. The zero-order chi connectivity index (χ0) is 20.5. The fraction of sp³-hybridized carbons (Fsp3) is 0.208. The van der Waals surface area contributed by atoms with Crippen LogP contribution in [-0.4, -0.2) is 25.9 Å². The van der Waals surface area contributed by atoms with Gasteiger partial charge >= 0.3 is 0 Å². The van der Waals surface area contributed by atoms with Crippen molar-refractivity contribution in [3.8, 4) is 11.5 Å². The Bertz CT molecular complexity index is 876. The summed E-state index contributed by atoms with van der Waals surface area (Å²) in [7, 11) is 3.24. The largest absolute Gasteiger partial charge is 0.497 e. The van der Waals surface area contributed by atoms with Crippen molar-refractivity contribution in [1.82, 2.24) is 5.32 Å². The van der Waals surface area contributed by atoms with E-state index in [1.54, 1.807) is 26.0 Å². The Morgan fingerprint density at radius 2 is 1.52 bits per heavy atom. The van der Waals surface area contributed by atoms with Crippen molar-refractivity contribution in [3.63, 3.8) is 0 Å². The molecule has 0 heterocycles. The molecule has 1 amide bonds. The van der Waals surface area contributed by atoms with Gasteiger partial charge in [0, 0.05) is 12.1 Å². The molecule has 4 nitrogen and oxygen atoms in total. The summed E-state index contributed by atoms with van der Waals surface area (Å²) < 4.78 is 10.6. The molecule has 29 heavy (non-hydrogen) atoms. The van der Waals surface area contributed by atoms with E-state index in [-0.39, 0.29) is 11.2 Å². The van der Waals surface area contributed by atoms with Crippen molar-refractivity contribution in [3.05, 3.63) is 95.6 Å². The fourth-order valence-electron chi connectivity index (χ4n) is 3.06. The molecule has 0 radical (unpaired) electrons. The van der Waals surface area contributed by atoms with Crippen LogP contribution in [0.25, 0.3) is 0 Å². The van der Waals surface area contributed by atoms with Crippen molar-refractivity contribution < 1.29 is 14.3 Å². The topological polar surface area (TPSA) is 47.6 Å². The first-order chi connectivity index (χ1) is 14.2. The van der Waals surface area contributed by atoms with Gasteiger partial charge in [0.25, 0.3) is 0 Å². The quantitative estimate of drug-likeness (QED) is 0.551. The van der Waals surface area contributed by atoms with E-state index in [9.17, 15) is 4.79 Å². The lowest BCUT2D eigenvalue weighted by molar-refractivity contribution is -0.118. The third-order valence-corrected chi connectivity index (χ3v) is 5.86. The Morgan fingerprint density at radius 1 is 0.897 bits per heavy atom. The van der Waals surface area contributed by atoms with E-state index >= 15 is 0 Å². The number of carbonyl (C=O) groups is 1. The van der Waals surface area contributed by atoms with Crippen molar-refractivity contribution >= 4 is 17.7 Å². The minimum atomic E-state index is -0.0169. The lowest BCUT2D eigenvalue weighted by Crippen LogP contribution is -2.25. The summed E-state index contributed by atoms with van der Waals surface area (Å²) in [5.41, 5.74) is 3.25. The molecule has 150 valence electrons. The summed E-state index contributed by atoms with van der Waals surface area (Å²) in [6.45, 7) is 0.390. The Hall–Kier alpha value is -2.92. The lowest BCUT2D eigenvalue weighted by Gasteiger charge is -2.18. The van der Waals surface area contributed by atoms with E-state index in [0.717, 1.165) is 17.1 Å². The van der Waals surface area contributed by atoms with Crippen LogP contribution in [0.15, 0.2) is 78.9 Å². The number of ether oxygens (including phenoxy) is 2. The molecule has 0 aromatic heterocycles. The molecule has 0 fully saturated rings. The number of carbonyl (C=O) groups excluding carboxylic acids is 1. The third-order valence-electron chi connectivity index (χ3n) is 4.55. The summed E-state index contributed by atoms with van der Waals surface area (Å²) in [6, 6.07) is 26.1. The number of hydrogen-bond donors (Lipinski definition) is 1. The molecular weight excluding hydrogens is 382 g/mol. The highest BCUT2D eigenvalue weighted by molar-refractivity contribution is 8.00. The Labute approximate surface area is 176 Å². The summed E-state index contributed by atoms with van der Waals surface area (Å²) in [4.78, 5) is 12.5. The molecule has 3 aromatic rings. The standard InChI is InChI=1S/C24H25NO3S/c1-27-21-13-14-22(28-2)20(15-21)16-25-23(26)17-29-24(18-9-5-3-6-10-18)19-11-7-4-8-12-19/h3-15,24H,16-17H2,1-2H3,(H,25,26). The van der Waals surface area contributed by atoms with Gasteiger partial charge in [0.2, 0.25) is 5.91 Å². The second kappa shape index (κ2) is 10.6. The predicted octanol–water partition coefficient (Wildman–Crippen LogP) is 4.84. The second-order valence-corrected chi connectivity index (χ2v) is 7.56. The van der Waals surface area contributed by atoms with Crippen LogP contribution in [0.4, 0.5) is 0 Å². The summed E-state index contributed by atoms with van der Waals surface area (Å²) in [5, 5.41) is 3.09. The van der Waals surface area contributed by atoms with Crippen LogP contribution in [0, 0.1) is 0 Å². The SMILES string of the molecule is COc1ccc(OC)c(CNC(=O)CSC(c2ccccc2)c2ccccc2)c1. The molecule has 3 aromatic carbocycles. The van der Waals surface area contributed by atoms with Gasteiger partial charge in [-0.15, -0.1) is 11.8 Å². The van der Waals surface area contributed by atoms with Gasteiger partial charge in [0.05, 0.1) is 25.2 Å². The maximum atomic E-state index is 12.5. The van der Waals surface area contributed by atoms with Gasteiger partial charge in [-0.05, 0) is 29.3 Å². The van der Waals surface area contributed by atoms with Gasteiger partial charge in [-0.3, -0.25) is 4.79 Å². The maximum absolute atomic E-state index is 12.5. The van der Waals surface area contributed by atoms with Crippen LogP contribution >= 0.6 is 11.8 Å². The molecule has 3 rings (SSSR count). The number of thioether (sulfide) groups is 1. The van der Waals surface area contributed by atoms with Gasteiger partial charge < -0.3 is 14.8 Å². The third kappa shape index (κ3) is 5.78. The minimum Gasteiger partial charge on any atom is -0.497 e. The predicted molar refractivity (Wildman–Crippen MR) is 119 cm³/mol. The summed E-state index contributed by atoms with van der Waals surface area (Å²) in [5.74, 6) is 1.81. The molecule has 0 aliphatic rings. The average molecular weight is 408 g/mol. The van der Waals surface area contributed by atoms with Gasteiger partial charge in [0.15, 0.2) is 0 Å². The molecule has 0 saturated heterocycles. The zero-order valence-electron chi connectivity index (χ0n) is 16.6. The van der Waals surface area contributed by atoms with Crippen molar-refractivity contribution in [2.24, 2.45) is 0 Å². The number of hydrogen-bond acceptors (Lipinski definition) is 4. The molecule has 5 heteroatoms.